The van der Waals surface area contributed by atoms with Crippen LogP contribution in [0.1, 0.15) is 41.0 Å². The van der Waals surface area contributed by atoms with Crippen molar-refractivity contribution in [3.63, 3.8) is 0 Å². The summed E-state index contributed by atoms with van der Waals surface area (Å²) in [5.41, 5.74) is 2.89. The lowest BCUT2D eigenvalue weighted by atomic mass is 10.2. The molecule has 0 aliphatic rings. The van der Waals surface area contributed by atoms with Gasteiger partial charge in [-0.15, -0.1) is 22.7 Å². The molecule has 3 heterocycles. The zero-order chi connectivity index (χ0) is 18.3. The highest BCUT2D eigenvalue weighted by Gasteiger charge is 2.17. The molecule has 4 rings (SSSR count). The van der Waals surface area contributed by atoms with Crippen LogP contribution in [-0.4, -0.2) is 15.9 Å². The van der Waals surface area contributed by atoms with E-state index in [2.05, 4.69) is 15.3 Å². The van der Waals surface area contributed by atoms with Gasteiger partial charge in [-0.3, -0.25) is 4.79 Å². The van der Waals surface area contributed by atoms with Crippen LogP contribution >= 0.6 is 22.7 Å². The van der Waals surface area contributed by atoms with E-state index in [4.69, 9.17) is 4.42 Å². The Balaban J connectivity index is 1.59. The van der Waals surface area contributed by atoms with Gasteiger partial charge in [0.2, 0.25) is 0 Å². The molecule has 7 heteroatoms. The lowest BCUT2D eigenvalue weighted by Gasteiger charge is -2.03. The van der Waals surface area contributed by atoms with Gasteiger partial charge in [0.05, 0.1) is 10.6 Å². The van der Waals surface area contributed by atoms with Crippen LogP contribution in [0.2, 0.25) is 0 Å². The Morgan fingerprint density at radius 3 is 2.81 bits per heavy atom. The number of thiophene rings is 1. The molecule has 0 unspecified atom stereocenters. The van der Waals surface area contributed by atoms with Crippen molar-refractivity contribution in [2.45, 2.75) is 26.7 Å². The average molecular weight is 383 g/mol. The standard InChI is InChI=1S/C19H17N3O2S2/c1-10(2)18-22-13-9-12(6-7-14(13)24-18)21-17(23)16-11(3)20-19(26-16)15-5-4-8-25-15/h4-10H,1-3H3,(H,21,23). The Hall–Kier alpha value is -2.51. The van der Waals surface area contributed by atoms with Gasteiger partial charge in [-0.1, -0.05) is 19.9 Å². The summed E-state index contributed by atoms with van der Waals surface area (Å²) in [6, 6.07) is 9.48. The normalized spacial score (nSPS) is 11.4. The summed E-state index contributed by atoms with van der Waals surface area (Å²) in [4.78, 5) is 23.4. The van der Waals surface area contributed by atoms with Gasteiger partial charge in [-0.25, -0.2) is 9.97 Å². The van der Waals surface area contributed by atoms with Crippen LogP contribution in [0, 0.1) is 6.92 Å². The van der Waals surface area contributed by atoms with Crippen molar-refractivity contribution in [2.24, 2.45) is 0 Å². The summed E-state index contributed by atoms with van der Waals surface area (Å²) >= 11 is 3.03. The summed E-state index contributed by atoms with van der Waals surface area (Å²) < 4.78 is 5.71. The summed E-state index contributed by atoms with van der Waals surface area (Å²) in [6.07, 6.45) is 0. The van der Waals surface area contributed by atoms with Crippen molar-refractivity contribution in [1.82, 2.24) is 9.97 Å². The van der Waals surface area contributed by atoms with E-state index in [1.165, 1.54) is 11.3 Å². The highest BCUT2D eigenvalue weighted by molar-refractivity contribution is 7.22. The van der Waals surface area contributed by atoms with E-state index >= 15 is 0 Å². The first-order chi connectivity index (χ1) is 12.5. The molecule has 3 aromatic heterocycles. The van der Waals surface area contributed by atoms with E-state index in [9.17, 15) is 4.79 Å². The number of nitrogens with one attached hydrogen (secondary N) is 1. The van der Waals surface area contributed by atoms with Crippen molar-refractivity contribution >= 4 is 45.4 Å². The summed E-state index contributed by atoms with van der Waals surface area (Å²) in [5.74, 6) is 0.757. The molecule has 0 atom stereocenters. The minimum Gasteiger partial charge on any atom is -0.440 e. The summed E-state index contributed by atoms with van der Waals surface area (Å²) in [7, 11) is 0. The number of amides is 1. The molecule has 0 spiro atoms. The van der Waals surface area contributed by atoms with Crippen LogP contribution in [0.25, 0.3) is 21.0 Å². The van der Waals surface area contributed by atoms with Crippen molar-refractivity contribution in [3.8, 4) is 9.88 Å². The SMILES string of the molecule is Cc1nc(-c2cccs2)sc1C(=O)Nc1ccc2oc(C(C)C)nc2c1. The number of hydrogen-bond acceptors (Lipinski definition) is 6. The number of carbonyl (C=O) groups is 1. The fourth-order valence-corrected chi connectivity index (χ4v) is 4.33. The van der Waals surface area contributed by atoms with E-state index < -0.39 is 0 Å². The topological polar surface area (TPSA) is 68.0 Å². The van der Waals surface area contributed by atoms with Gasteiger partial charge in [0, 0.05) is 11.6 Å². The smallest absolute Gasteiger partial charge is 0.267 e. The molecule has 1 amide bonds. The third kappa shape index (κ3) is 3.15. The number of oxazole rings is 1. The molecular weight excluding hydrogens is 366 g/mol. The quantitative estimate of drug-likeness (QED) is 0.491. The Bertz CT molecular complexity index is 1080. The molecule has 1 N–H and O–H groups in total. The predicted octanol–water partition coefficient (Wildman–Crippen LogP) is 5.70. The van der Waals surface area contributed by atoms with Crippen LogP contribution in [0.15, 0.2) is 40.1 Å². The number of fused-ring (bicyclic) bond motifs is 1. The first-order valence-electron chi connectivity index (χ1n) is 8.24. The lowest BCUT2D eigenvalue weighted by molar-refractivity contribution is 0.103. The molecule has 0 saturated carbocycles. The first-order valence-corrected chi connectivity index (χ1v) is 9.94. The Morgan fingerprint density at radius 2 is 2.08 bits per heavy atom. The van der Waals surface area contributed by atoms with Crippen molar-refractivity contribution < 1.29 is 9.21 Å². The number of thiazole rings is 1. The van der Waals surface area contributed by atoms with Gasteiger partial charge in [0.1, 0.15) is 15.4 Å². The van der Waals surface area contributed by atoms with Crippen LogP contribution in [0.3, 0.4) is 0 Å². The van der Waals surface area contributed by atoms with E-state index in [0.717, 1.165) is 26.7 Å². The van der Waals surface area contributed by atoms with E-state index in [-0.39, 0.29) is 11.8 Å². The number of rotatable bonds is 4. The molecule has 0 saturated heterocycles. The molecule has 5 nitrogen and oxygen atoms in total. The van der Waals surface area contributed by atoms with Crippen molar-refractivity contribution in [1.29, 1.82) is 0 Å². The van der Waals surface area contributed by atoms with Gasteiger partial charge >= 0.3 is 0 Å². The molecule has 0 radical (unpaired) electrons. The van der Waals surface area contributed by atoms with Gasteiger partial charge in [-0.2, -0.15) is 0 Å². The first kappa shape index (κ1) is 16.9. The molecule has 26 heavy (non-hydrogen) atoms. The molecule has 4 aromatic rings. The number of hydrogen-bond donors (Lipinski definition) is 1. The zero-order valence-corrected chi connectivity index (χ0v) is 16.2. The Morgan fingerprint density at radius 1 is 1.23 bits per heavy atom. The van der Waals surface area contributed by atoms with E-state index in [1.807, 2.05) is 56.5 Å². The highest BCUT2D eigenvalue weighted by Crippen LogP contribution is 2.31. The molecule has 0 aliphatic heterocycles. The van der Waals surface area contributed by atoms with Crippen LogP contribution in [0.5, 0.6) is 0 Å². The second-order valence-corrected chi connectivity index (χ2v) is 8.20. The van der Waals surface area contributed by atoms with E-state index in [0.29, 0.717) is 16.5 Å². The zero-order valence-electron chi connectivity index (χ0n) is 14.6. The second-order valence-electron chi connectivity index (χ2n) is 6.25. The molecular formula is C19H17N3O2S2. The minimum atomic E-state index is -0.158. The van der Waals surface area contributed by atoms with Gasteiger partial charge in [-0.05, 0) is 36.6 Å². The number of carbonyl (C=O) groups excluding carboxylic acids is 1. The van der Waals surface area contributed by atoms with E-state index in [1.54, 1.807) is 11.3 Å². The molecule has 0 bridgehead atoms. The molecule has 0 fully saturated rings. The third-order valence-corrected chi connectivity index (χ3v) is 6.09. The maximum Gasteiger partial charge on any atom is 0.267 e. The molecule has 132 valence electrons. The predicted molar refractivity (Wildman–Crippen MR) is 106 cm³/mol. The van der Waals surface area contributed by atoms with Crippen LogP contribution in [-0.2, 0) is 0 Å². The highest BCUT2D eigenvalue weighted by atomic mass is 32.1. The number of anilines is 1. The number of benzene rings is 1. The molecule has 0 aliphatic carbocycles. The van der Waals surface area contributed by atoms with Crippen LogP contribution < -0.4 is 5.32 Å². The fraction of sp³-hybridized carbons (Fsp3) is 0.211. The maximum absolute atomic E-state index is 12.7. The number of aryl methyl sites for hydroxylation is 1. The summed E-state index contributed by atoms with van der Waals surface area (Å²) in [6.45, 7) is 5.93. The summed E-state index contributed by atoms with van der Waals surface area (Å²) in [5, 5.41) is 5.82. The Labute approximate surface area is 158 Å². The average Bonchev–Trinajstić information content (AvgIpc) is 3.33. The third-order valence-electron chi connectivity index (χ3n) is 3.89. The monoisotopic (exact) mass is 383 g/mol. The largest absolute Gasteiger partial charge is 0.440 e. The minimum absolute atomic E-state index is 0.158. The Kier molecular flexibility index (Phi) is 4.34. The van der Waals surface area contributed by atoms with Crippen molar-refractivity contribution in [2.75, 3.05) is 5.32 Å². The van der Waals surface area contributed by atoms with Gasteiger partial charge in [0.25, 0.3) is 5.91 Å². The van der Waals surface area contributed by atoms with Gasteiger partial charge in [0.15, 0.2) is 11.5 Å². The maximum atomic E-state index is 12.7. The van der Waals surface area contributed by atoms with Gasteiger partial charge < -0.3 is 9.73 Å². The second kappa shape index (κ2) is 6.66. The van der Waals surface area contributed by atoms with Crippen LogP contribution in [0.4, 0.5) is 5.69 Å². The number of nitrogens with zero attached hydrogens (tertiary/aromatic N) is 2. The van der Waals surface area contributed by atoms with Crippen molar-refractivity contribution in [3.05, 3.63) is 52.2 Å². The number of aromatic nitrogens is 2. The fourth-order valence-electron chi connectivity index (χ4n) is 2.57. The molecule has 1 aromatic carbocycles. The lowest BCUT2D eigenvalue weighted by Crippen LogP contribution is -2.11.